The molecule has 0 radical (unpaired) electrons. The zero-order chi connectivity index (χ0) is 13.1. The third kappa shape index (κ3) is 2.56. The van der Waals surface area contributed by atoms with Gasteiger partial charge in [0.05, 0.1) is 5.52 Å². The van der Waals surface area contributed by atoms with E-state index in [-0.39, 0.29) is 6.61 Å². The number of benzene rings is 1. The molecule has 1 aromatic heterocycles. The van der Waals surface area contributed by atoms with Gasteiger partial charge in [0.25, 0.3) is 0 Å². The molecule has 0 atom stereocenters. The number of fused-ring (bicyclic) bond motifs is 1. The van der Waals surface area contributed by atoms with E-state index >= 15 is 0 Å². The summed E-state index contributed by atoms with van der Waals surface area (Å²) in [6.45, 7) is 1.20. The Morgan fingerprint density at radius 3 is 2.74 bits per heavy atom. The van der Waals surface area contributed by atoms with Gasteiger partial charge in [0, 0.05) is 18.5 Å². The third-order valence-corrected chi connectivity index (χ3v) is 4.30. The van der Waals surface area contributed by atoms with Crippen molar-refractivity contribution in [2.24, 2.45) is 5.41 Å². The predicted octanol–water partition coefficient (Wildman–Crippen LogP) is 3.20. The zero-order valence-electron chi connectivity index (χ0n) is 11.1. The number of nitrogens with zero attached hydrogens (tertiary/aromatic N) is 1. The number of pyridine rings is 1. The molecule has 0 bridgehead atoms. The van der Waals surface area contributed by atoms with Crippen LogP contribution in [0.3, 0.4) is 0 Å². The summed E-state index contributed by atoms with van der Waals surface area (Å²) >= 11 is 0. The summed E-state index contributed by atoms with van der Waals surface area (Å²) in [6, 6.07) is 12.3. The minimum atomic E-state index is 0.285. The molecule has 1 heterocycles. The van der Waals surface area contributed by atoms with Crippen molar-refractivity contribution in [2.45, 2.75) is 25.7 Å². The first-order valence-electron chi connectivity index (χ1n) is 7.02. The monoisotopic (exact) mass is 256 g/mol. The van der Waals surface area contributed by atoms with Gasteiger partial charge in [-0.05, 0) is 42.9 Å². The molecule has 100 valence electrons. The van der Waals surface area contributed by atoms with Crippen molar-refractivity contribution in [3.05, 3.63) is 36.4 Å². The molecule has 0 saturated heterocycles. The van der Waals surface area contributed by atoms with Crippen molar-refractivity contribution in [3.63, 3.8) is 0 Å². The van der Waals surface area contributed by atoms with Crippen LogP contribution in [-0.4, -0.2) is 23.2 Å². The van der Waals surface area contributed by atoms with Crippen molar-refractivity contribution in [1.29, 1.82) is 0 Å². The largest absolute Gasteiger partial charge is 0.396 e. The van der Waals surface area contributed by atoms with Gasteiger partial charge in [-0.15, -0.1) is 0 Å². The summed E-state index contributed by atoms with van der Waals surface area (Å²) in [6.07, 6.45) is 4.61. The average molecular weight is 256 g/mol. The lowest BCUT2D eigenvalue weighted by molar-refractivity contribution is 0.102. The molecule has 0 aliphatic heterocycles. The number of nitrogens with one attached hydrogen (secondary N) is 1. The van der Waals surface area contributed by atoms with Crippen LogP contribution in [0.5, 0.6) is 0 Å². The summed E-state index contributed by atoms with van der Waals surface area (Å²) in [7, 11) is 0. The summed E-state index contributed by atoms with van der Waals surface area (Å²) in [5.74, 6) is 0.933. The highest BCUT2D eigenvalue weighted by Crippen LogP contribution is 2.43. The molecule has 2 N–H and O–H groups in total. The molecule has 3 heteroatoms. The van der Waals surface area contributed by atoms with E-state index in [2.05, 4.69) is 22.4 Å². The molecule has 0 spiro atoms. The quantitative estimate of drug-likeness (QED) is 0.863. The number of aromatic nitrogens is 1. The molecule has 0 amide bonds. The molecule has 0 unspecified atom stereocenters. The SMILES string of the molecule is OCCC1(CNc2ccc3ccccc3n2)CCC1. The Morgan fingerprint density at radius 2 is 2.00 bits per heavy atom. The normalized spacial score (nSPS) is 17.1. The lowest BCUT2D eigenvalue weighted by Gasteiger charge is -2.42. The van der Waals surface area contributed by atoms with Crippen molar-refractivity contribution in [1.82, 2.24) is 4.98 Å². The van der Waals surface area contributed by atoms with Crippen LogP contribution in [0.25, 0.3) is 10.9 Å². The number of hydrogen-bond acceptors (Lipinski definition) is 3. The van der Waals surface area contributed by atoms with Crippen molar-refractivity contribution < 1.29 is 5.11 Å². The van der Waals surface area contributed by atoms with E-state index in [1.165, 1.54) is 24.6 Å². The van der Waals surface area contributed by atoms with Crippen LogP contribution < -0.4 is 5.32 Å². The molecule has 1 aromatic carbocycles. The van der Waals surface area contributed by atoms with E-state index in [4.69, 9.17) is 5.11 Å². The fraction of sp³-hybridized carbons (Fsp3) is 0.438. The standard InChI is InChI=1S/C16H20N2O/c19-11-10-16(8-3-9-16)12-17-15-7-6-13-4-1-2-5-14(13)18-15/h1-2,4-7,19H,3,8-12H2,(H,17,18). The van der Waals surface area contributed by atoms with E-state index in [0.29, 0.717) is 5.41 Å². The summed E-state index contributed by atoms with van der Waals surface area (Å²) in [5.41, 5.74) is 1.32. The van der Waals surface area contributed by atoms with Crippen LogP contribution in [0, 0.1) is 5.41 Å². The minimum Gasteiger partial charge on any atom is -0.396 e. The predicted molar refractivity (Wildman–Crippen MR) is 78.2 cm³/mol. The number of aliphatic hydroxyl groups excluding tert-OH is 1. The lowest BCUT2D eigenvalue weighted by atomic mass is 9.67. The van der Waals surface area contributed by atoms with Crippen LogP contribution in [0.4, 0.5) is 5.82 Å². The summed E-state index contributed by atoms with van der Waals surface area (Å²) in [4.78, 5) is 4.62. The highest BCUT2D eigenvalue weighted by atomic mass is 16.3. The Balaban J connectivity index is 1.71. The lowest BCUT2D eigenvalue weighted by Crippen LogP contribution is -2.37. The van der Waals surface area contributed by atoms with Crippen LogP contribution in [-0.2, 0) is 0 Å². The van der Waals surface area contributed by atoms with Crippen molar-refractivity contribution >= 4 is 16.7 Å². The summed E-state index contributed by atoms with van der Waals surface area (Å²) in [5, 5.41) is 13.8. The van der Waals surface area contributed by atoms with Crippen LogP contribution in [0.1, 0.15) is 25.7 Å². The molecule has 3 nitrogen and oxygen atoms in total. The second-order valence-corrected chi connectivity index (χ2v) is 5.57. The number of rotatable bonds is 5. The summed E-state index contributed by atoms with van der Waals surface area (Å²) < 4.78 is 0. The first-order chi connectivity index (χ1) is 9.31. The first kappa shape index (κ1) is 12.4. The number of aliphatic hydroxyl groups is 1. The van der Waals surface area contributed by atoms with E-state index in [0.717, 1.165) is 24.3 Å². The molecule has 2 aromatic rings. The van der Waals surface area contributed by atoms with Gasteiger partial charge in [-0.3, -0.25) is 0 Å². The molecule has 1 aliphatic rings. The van der Waals surface area contributed by atoms with Crippen LogP contribution in [0.2, 0.25) is 0 Å². The van der Waals surface area contributed by atoms with E-state index in [1.54, 1.807) is 0 Å². The molecule has 3 rings (SSSR count). The Labute approximate surface area is 113 Å². The fourth-order valence-electron chi connectivity index (χ4n) is 2.87. The molecular weight excluding hydrogens is 236 g/mol. The number of para-hydroxylation sites is 1. The van der Waals surface area contributed by atoms with Gasteiger partial charge in [-0.25, -0.2) is 4.98 Å². The van der Waals surface area contributed by atoms with Gasteiger partial charge in [0.15, 0.2) is 0 Å². The second-order valence-electron chi connectivity index (χ2n) is 5.57. The van der Waals surface area contributed by atoms with E-state index in [9.17, 15) is 0 Å². The van der Waals surface area contributed by atoms with E-state index < -0.39 is 0 Å². The highest BCUT2D eigenvalue weighted by Gasteiger charge is 2.35. The second kappa shape index (κ2) is 5.17. The van der Waals surface area contributed by atoms with Gasteiger partial charge in [0.2, 0.25) is 0 Å². The molecule has 19 heavy (non-hydrogen) atoms. The van der Waals surface area contributed by atoms with Gasteiger partial charge in [-0.2, -0.15) is 0 Å². The minimum absolute atomic E-state index is 0.285. The Bertz CT molecular complexity index is 563. The number of anilines is 1. The maximum atomic E-state index is 9.16. The average Bonchev–Trinajstić information content (AvgIpc) is 2.41. The van der Waals surface area contributed by atoms with Gasteiger partial charge < -0.3 is 10.4 Å². The Hall–Kier alpha value is -1.61. The van der Waals surface area contributed by atoms with Crippen LogP contribution in [0.15, 0.2) is 36.4 Å². The van der Waals surface area contributed by atoms with Crippen LogP contribution >= 0.6 is 0 Å². The van der Waals surface area contributed by atoms with Gasteiger partial charge in [-0.1, -0.05) is 24.6 Å². The van der Waals surface area contributed by atoms with Crippen molar-refractivity contribution in [3.8, 4) is 0 Å². The maximum absolute atomic E-state index is 9.16. The molecular formula is C16H20N2O. The molecule has 1 saturated carbocycles. The molecule has 1 fully saturated rings. The van der Waals surface area contributed by atoms with Gasteiger partial charge >= 0.3 is 0 Å². The zero-order valence-corrected chi connectivity index (χ0v) is 11.1. The third-order valence-electron chi connectivity index (χ3n) is 4.30. The molecule has 1 aliphatic carbocycles. The van der Waals surface area contributed by atoms with Gasteiger partial charge in [0.1, 0.15) is 5.82 Å². The first-order valence-corrected chi connectivity index (χ1v) is 7.02. The Morgan fingerprint density at radius 1 is 1.16 bits per heavy atom. The number of hydrogen-bond donors (Lipinski definition) is 2. The Kier molecular flexibility index (Phi) is 3.38. The smallest absolute Gasteiger partial charge is 0.126 e. The maximum Gasteiger partial charge on any atom is 0.126 e. The fourth-order valence-corrected chi connectivity index (χ4v) is 2.87. The van der Waals surface area contributed by atoms with Crippen molar-refractivity contribution in [2.75, 3.05) is 18.5 Å². The highest BCUT2D eigenvalue weighted by molar-refractivity contribution is 5.80. The topological polar surface area (TPSA) is 45.1 Å². The van der Waals surface area contributed by atoms with E-state index in [1.807, 2.05) is 24.3 Å².